The van der Waals surface area contributed by atoms with Gasteiger partial charge in [0, 0.05) is 31.9 Å². The van der Waals surface area contributed by atoms with Gasteiger partial charge in [-0.25, -0.2) is 9.18 Å². The molecule has 1 heterocycles. The molecule has 1 atom stereocenters. The summed E-state index contributed by atoms with van der Waals surface area (Å²) in [5, 5.41) is 5.44. The van der Waals surface area contributed by atoms with Crippen molar-refractivity contribution in [3.63, 3.8) is 0 Å². The van der Waals surface area contributed by atoms with Crippen LogP contribution in [0.2, 0.25) is 0 Å². The molecule has 8 heteroatoms. The molecule has 138 valence electrons. The van der Waals surface area contributed by atoms with Crippen LogP contribution >= 0.6 is 0 Å². The molecule has 2 rings (SSSR count). The van der Waals surface area contributed by atoms with Gasteiger partial charge in [-0.2, -0.15) is 0 Å². The van der Waals surface area contributed by atoms with Crippen molar-refractivity contribution in [3.8, 4) is 0 Å². The maximum Gasteiger partial charge on any atom is 0.315 e. The first-order valence-electron chi connectivity index (χ1n) is 8.37. The van der Waals surface area contributed by atoms with E-state index in [1.165, 1.54) is 17.0 Å². The lowest BCUT2D eigenvalue weighted by Gasteiger charge is -2.19. The van der Waals surface area contributed by atoms with Crippen LogP contribution in [0.3, 0.4) is 0 Å². The van der Waals surface area contributed by atoms with Crippen LogP contribution in [0.15, 0.2) is 24.3 Å². The number of benzene rings is 1. The highest BCUT2D eigenvalue weighted by molar-refractivity contribution is 5.96. The number of hydrogen-bond acceptors (Lipinski definition) is 4. The quantitative estimate of drug-likeness (QED) is 0.696. The van der Waals surface area contributed by atoms with E-state index in [4.69, 9.17) is 9.47 Å². The van der Waals surface area contributed by atoms with Gasteiger partial charge in [-0.15, -0.1) is 0 Å². The molecule has 0 unspecified atom stereocenters. The van der Waals surface area contributed by atoms with E-state index in [0.29, 0.717) is 25.4 Å². The third-order valence-corrected chi connectivity index (χ3v) is 3.73. The fourth-order valence-corrected chi connectivity index (χ4v) is 2.63. The number of ether oxygens (including phenoxy) is 2. The Bertz CT molecular complexity index is 576. The number of rotatable bonds is 8. The Labute approximate surface area is 146 Å². The molecule has 1 aliphatic heterocycles. The number of nitrogens with zero attached hydrogens (tertiary/aromatic N) is 1. The van der Waals surface area contributed by atoms with Gasteiger partial charge in [0.25, 0.3) is 0 Å². The summed E-state index contributed by atoms with van der Waals surface area (Å²) in [6.45, 7) is 5.23. The number of amides is 3. The molecule has 1 aromatic carbocycles. The fourth-order valence-electron chi connectivity index (χ4n) is 2.63. The summed E-state index contributed by atoms with van der Waals surface area (Å²) in [6, 6.07) is 5.00. The minimum Gasteiger partial charge on any atom is -0.351 e. The molecule has 1 fully saturated rings. The predicted octanol–water partition coefficient (Wildman–Crippen LogP) is 1.63. The minimum absolute atomic E-state index is 0.113. The first kappa shape index (κ1) is 19.1. The molecule has 25 heavy (non-hydrogen) atoms. The first-order valence-corrected chi connectivity index (χ1v) is 8.37. The zero-order valence-electron chi connectivity index (χ0n) is 14.5. The molecular formula is C17H24FN3O4. The average Bonchev–Trinajstić information content (AvgIpc) is 2.94. The van der Waals surface area contributed by atoms with Crippen molar-refractivity contribution < 1.29 is 23.5 Å². The zero-order chi connectivity index (χ0) is 18.2. The topological polar surface area (TPSA) is 79.9 Å². The monoisotopic (exact) mass is 353 g/mol. The van der Waals surface area contributed by atoms with Crippen molar-refractivity contribution in [3.05, 3.63) is 30.1 Å². The Morgan fingerprint density at radius 2 is 1.92 bits per heavy atom. The van der Waals surface area contributed by atoms with E-state index in [-0.39, 0.29) is 36.8 Å². The first-order chi connectivity index (χ1) is 12.0. The van der Waals surface area contributed by atoms with E-state index >= 15 is 0 Å². The average molecular weight is 353 g/mol. The number of urea groups is 1. The van der Waals surface area contributed by atoms with Gasteiger partial charge >= 0.3 is 6.03 Å². The molecule has 2 N–H and O–H groups in total. The van der Waals surface area contributed by atoms with E-state index < -0.39 is 6.29 Å². The molecule has 1 aliphatic rings. The molecule has 1 aromatic rings. The van der Waals surface area contributed by atoms with Gasteiger partial charge in [0.2, 0.25) is 5.91 Å². The second-order valence-electron chi connectivity index (χ2n) is 5.58. The van der Waals surface area contributed by atoms with Gasteiger partial charge in [-0.3, -0.25) is 4.79 Å². The van der Waals surface area contributed by atoms with E-state index in [1.807, 2.05) is 13.8 Å². The van der Waals surface area contributed by atoms with Crippen LogP contribution in [0.4, 0.5) is 14.9 Å². The summed E-state index contributed by atoms with van der Waals surface area (Å²) in [7, 11) is 0. The fraction of sp³-hybridized carbons (Fsp3) is 0.529. The second kappa shape index (κ2) is 9.33. The summed E-state index contributed by atoms with van der Waals surface area (Å²) >= 11 is 0. The van der Waals surface area contributed by atoms with Gasteiger partial charge in [0.15, 0.2) is 6.29 Å². The lowest BCUT2D eigenvalue weighted by atomic mass is 10.2. The lowest BCUT2D eigenvalue weighted by molar-refractivity contribution is -0.131. The number of hydrogen-bond donors (Lipinski definition) is 2. The zero-order valence-corrected chi connectivity index (χ0v) is 14.5. The summed E-state index contributed by atoms with van der Waals surface area (Å²) < 4.78 is 23.7. The molecule has 0 aromatic heterocycles. The Kier molecular flexibility index (Phi) is 7.15. The highest BCUT2D eigenvalue weighted by Gasteiger charge is 2.31. The lowest BCUT2D eigenvalue weighted by Crippen LogP contribution is -2.46. The summed E-state index contributed by atoms with van der Waals surface area (Å²) in [4.78, 5) is 25.6. The molecule has 0 spiro atoms. The van der Waals surface area contributed by atoms with Crippen LogP contribution < -0.4 is 15.5 Å². The van der Waals surface area contributed by atoms with Crippen molar-refractivity contribution in [1.29, 1.82) is 0 Å². The van der Waals surface area contributed by atoms with Gasteiger partial charge in [0.1, 0.15) is 5.82 Å². The van der Waals surface area contributed by atoms with E-state index in [9.17, 15) is 14.0 Å². The number of carbonyl (C=O) groups is 2. The van der Waals surface area contributed by atoms with Crippen LogP contribution in [-0.2, 0) is 14.3 Å². The summed E-state index contributed by atoms with van der Waals surface area (Å²) in [6.07, 6.45) is -0.299. The standard InChI is InChI=1S/C17H24FN3O4/c1-3-24-16(25-4-2)10-19-17(23)20-13-9-15(22)21(11-13)14-7-5-12(18)6-8-14/h5-8,13,16H,3-4,9-11H2,1-2H3,(H2,19,20,23)/t13-/m1/s1. The number of anilines is 1. The van der Waals surface area contributed by atoms with Crippen LogP contribution in [0.25, 0.3) is 0 Å². The van der Waals surface area contributed by atoms with E-state index in [1.54, 1.807) is 12.1 Å². The molecule has 1 saturated heterocycles. The summed E-state index contributed by atoms with van der Waals surface area (Å²) in [5.74, 6) is -0.471. The molecule has 0 bridgehead atoms. The number of halogens is 1. The largest absolute Gasteiger partial charge is 0.351 e. The maximum absolute atomic E-state index is 13.0. The van der Waals surface area contributed by atoms with E-state index in [2.05, 4.69) is 10.6 Å². The van der Waals surface area contributed by atoms with Gasteiger partial charge in [-0.1, -0.05) is 0 Å². The molecular weight excluding hydrogens is 329 g/mol. The van der Waals surface area contributed by atoms with Crippen LogP contribution in [0.1, 0.15) is 20.3 Å². The Morgan fingerprint density at radius 3 is 2.52 bits per heavy atom. The number of carbonyl (C=O) groups excluding carboxylic acids is 2. The maximum atomic E-state index is 13.0. The second-order valence-corrected chi connectivity index (χ2v) is 5.58. The third-order valence-electron chi connectivity index (χ3n) is 3.73. The van der Waals surface area contributed by atoms with Gasteiger partial charge in [-0.05, 0) is 38.1 Å². The number of nitrogens with one attached hydrogen (secondary N) is 2. The van der Waals surface area contributed by atoms with E-state index in [0.717, 1.165) is 0 Å². The van der Waals surface area contributed by atoms with Crippen molar-refractivity contribution >= 4 is 17.6 Å². The van der Waals surface area contributed by atoms with Gasteiger partial charge < -0.3 is 25.0 Å². The minimum atomic E-state index is -0.498. The van der Waals surface area contributed by atoms with Crippen molar-refractivity contribution in [2.45, 2.75) is 32.6 Å². The molecule has 7 nitrogen and oxygen atoms in total. The normalized spacial score (nSPS) is 17.2. The van der Waals surface area contributed by atoms with Crippen molar-refractivity contribution in [2.24, 2.45) is 0 Å². The van der Waals surface area contributed by atoms with Crippen LogP contribution in [-0.4, -0.2) is 50.6 Å². The van der Waals surface area contributed by atoms with Crippen molar-refractivity contribution in [1.82, 2.24) is 10.6 Å². The molecule has 0 aliphatic carbocycles. The molecule has 0 saturated carbocycles. The summed E-state index contributed by atoms with van der Waals surface area (Å²) in [5.41, 5.74) is 0.615. The molecule has 3 amide bonds. The third kappa shape index (κ3) is 5.68. The van der Waals surface area contributed by atoms with Crippen LogP contribution in [0, 0.1) is 5.82 Å². The highest BCUT2D eigenvalue weighted by Crippen LogP contribution is 2.21. The smallest absolute Gasteiger partial charge is 0.315 e. The predicted molar refractivity (Wildman–Crippen MR) is 90.7 cm³/mol. The Balaban J connectivity index is 1.82. The van der Waals surface area contributed by atoms with Crippen molar-refractivity contribution in [2.75, 3.05) is 31.2 Å². The van der Waals surface area contributed by atoms with Gasteiger partial charge in [0.05, 0.1) is 12.6 Å². The SMILES string of the molecule is CCOC(CNC(=O)N[C@@H]1CC(=O)N(c2ccc(F)cc2)C1)OCC. The highest BCUT2D eigenvalue weighted by atomic mass is 19.1. The molecule has 0 radical (unpaired) electrons. The van der Waals surface area contributed by atoms with Crippen LogP contribution in [0.5, 0.6) is 0 Å². The Hall–Kier alpha value is -2.19. The Morgan fingerprint density at radius 1 is 1.28 bits per heavy atom.